The van der Waals surface area contributed by atoms with E-state index < -0.39 is 5.92 Å². The van der Waals surface area contributed by atoms with Crippen LogP contribution in [0.4, 0.5) is 8.78 Å². The van der Waals surface area contributed by atoms with Crippen LogP contribution in [-0.2, 0) is 4.74 Å². The summed E-state index contributed by atoms with van der Waals surface area (Å²) in [6.07, 6.45) is 5.04. The molecule has 3 heteroatoms. The second kappa shape index (κ2) is 7.21. The van der Waals surface area contributed by atoms with Gasteiger partial charge in [-0.1, -0.05) is 20.3 Å². The van der Waals surface area contributed by atoms with E-state index in [4.69, 9.17) is 4.74 Å². The third kappa shape index (κ3) is 7.15. The molecule has 1 nitrogen and oxygen atoms in total. The van der Waals surface area contributed by atoms with Crippen LogP contribution in [0.15, 0.2) is 0 Å². The SMILES string of the molecule is CC.COCC1(CCCCC(C)(F)F)CC1. The summed E-state index contributed by atoms with van der Waals surface area (Å²) in [4.78, 5) is 0. The van der Waals surface area contributed by atoms with E-state index in [0.29, 0.717) is 11.8 Å². The quantitative estimate of drug-likeness (QED) is 0.584. The summed E-state index contributed by atoms with van der Waals surface area (Å²) in [6.45, 7) is 5.80. The van der Waals surface area contributed by atoms with Crippen LogP contribution in [0, 0.1) is 5.41 Å². The standard InChI is InChI=1S/C11H20F2O.C2H6/c1-10(12,13)5-3-4-6-11(7-8-11)9-14-2;1-2/h3-9H2,1-2H3;1-2H3. The molecule has 0 saturated heterocycles. The van der Waals surface area contributed by atoms with Crippen molar-refractivity contribution < 1.29 is 13.5 Å². The third-order valence-corrected chi connectivity index (χ3v) is 2.98. The Morgan fingerprint density at radius 3 is 2.12 bits per heavy atom. The van der Waals surface area contributed by atoms with E-state index in [0.717, 1.165) is 26.4 Å². The smallest absolute Gasteiger partial charge is 0.245 e. The second-order valence-corrected chi connectivity index (χ2v) is 4.71. The molecule has 0 atom stereocenters. The normalized spacial score (nSPS) is 17.6. The fraction of sp³-hybridized carbons (Fsp3) is 1.00. The van der Waals surface area contributed by atoms with E-state index >= 15 is 0 Å². The lowest BCUT2D eigenvalue weighted by atomic mass is 9.98. The molecule has 98 valence electrons. The van der Waals surface area contributed by atoms with Crippen molar-refractivity contribution in [2.75, 3.05) is 13.7 Å². The molecule has 0 N–H and O–H groups in total. The minimum Gasteiger partial charge on any atom is -0.384 e. The highest BCUT2D eigenvalue weighted by atomic mass is 19.3. The van der Waals surface area contributed by atoms with E-state index in [2.05, 4.69) is 0 Å². The van der Waals surface area contributed by atoms with Crippen molar-refractivity contribution in [3.63, 3.8) is 0 Å². The van der Waals surface area contributed by atoms with Gasteiger partial charge in [-0.3, -0.25) is 0 Å². The van der Waals surface area contributed by atoms with E-state index in [1.165, 1.54) is 12.8 Å². The zero-order valence-electron chi connectivity index (χ0n) is 11.1. The fourth-order valence-corrected chi connectivity index (χ4v) is 1.88. The predicted molar refractivity (Wildman–Crippen MR) is 64.0 cm³/mol. The highest BCUT2D eigenvalue weighted by molar-refractivity contribution is 4.92. The van der Waals surface area contributed by atoms with Gasteiger partial charge in [0.25, 0.3) is 0 Å². The summed E-state index contributed by atoms with van der Waals surface area (Å²) in [5.41, 5.74) is 0.359. The lowest BCUT2D eigenvalue weighted by Crippen LogP contribution is -2.11. The topological polar surface area (TPSA) is 9.23 Å². The van der Waals surface area contributed by atoms with Crippen molar-refractivity contribution in [1.82, 2.24) is 0 Å². The highest BCUT2D eigenvalue weighted by Crippen LogP contribution is 2.50. The molecule has 0 unspecified atom stereocenters. The number of hydrogen-bond donors (Lipinski definition) is 0. The molecule has 0 aromatic carbocycles. The van der Waals surface area contributed by atoms with Crippen molar-refractivity contribution in [3.05, 3.63) is 0 Å². The van der Waals surface area contributed by atoms with Gasteiger partial charge in [0, 0.05) is 13.5 Å². The first-order chi connectivity index (χ1) is 7.47. The first-order valence-corrected chi connectivity index (χ1v) is 6.34. The van der Waals surface area contributed by atoms with Gasteiger partial charge in [0.2, 0.25) is 5.92 Å². The maximum Gasteiger partial charge on any atom is 0.245 e. The maximum absolute atomic E-state index is 12.5. The molecule has 16 heavy (non-hydrogen) atoms. The van der Waals surface area contributed by atoms with Gasteiger partial charge in [-0.2, -0.15) is 0 Å². The average molecular weight is 236 g/mol. The molecule has 1 rings (SSSR count). The van der Waals surface area contributed by atoms with Gasteiger partial charge < -0.3 is 4.74 Å². The number of methoxy groups -OCH3 is 1. The largest absolute Gasteiger partial charge is 0.384 e. The fourth-order valence-electron chi connectivity index (χ4n) is 1.88. The Morgan fingerprint density at radius 1 is 1.19 bits per heavy atom. The molecule has 0 heterocycles. The monoisotopic (exact) mass is 236 g/mol. The molecule has 0 aliphatic heterocycles. The summed E-state index contributed by atoms with van der Waals surface area (Å²) >= 11 is 0. The number of ether oxygens (including phenoxy) is 1. The lowest BCUT2D eigenvalue weighted by Gasteiger charge is -2.14. The van der Waals surface area contributed by atoms with Crippen molar-refractivity contribution in [2.45, 2.75) is 65.2 Å². The van der Waals surface area contributed by atoms with Crippen LogP contribution in [0.5, 0.6) is 0 Å². The summed E-state index contributed by atoms with van der Waals surface area (Å²) in [5.74, 6) is -2.49. The van der Waals surface area contributed by atoms with Crippen LogP contribution in [0.25, 0.3) is 0 Å². The minimum atomic E-state index is -2.49. The highest BCUT2D eigenvalue weighted by Gasteiger charge is 2.41. The molecule has 0 bridgehead atoms. The van der Waals surface area contributed by atoms with Gasteiger partial charge in [0.05, 0.1) is 6.61 Å². The summed E-state index contributed by atoms with van der Waals surface area (Å²) in [6, 6.07) is 0. The molecule has 1 aliphatic rings. The summed E-state index contributed by atoms with van der Waals surface area (Å²) < 4.78 is 30.1. The zero-order valence-corrected chi connectivity index (χ0v) is 11.1. The number of hydrogen-bond acceptors (Lipinski definition) is 1. The average Bonchev–Trinajstić information content (AvgIpc) is 2.96. The van der Waals surface area contributed by atoms with Crippen LogP contribution in [-0.4, -0.2) is 19.6 Å². The first kappa shape index (κ1) is 15.8. The molecular weight excluding hydrogens is 210 g/mol. The predicted octanol–water partition coefficient (Wildman–Crippen LogP) is 4.65. The molecule has 1 fully saturated rings. The summed E-state index contributed by atoms with van der Waals surface area (Å²) in [7, 11) is 1.71. The van der Waals surface area contributed by atoms with Crippen LogP contribution in [0.3, 0.4) is 0 Å². The number of alkyl halides is 2. The molecule has 1 saturated carbocycles. The molecule has 0 aromatic rings. The first-order valence-electron chi connectivity index (χ1n) is 6.34. The van der Waals surface area contributed by atoms with E-state index in [1.54, 1.807) is 7.11 Å². The van der Waals surface area contributed by atoms with Gasteiger partial charge in [-0.15, -0.1) is 0 Å². The van der Waals surface area contributed by atoms with Crippen LogP contribution < -0.4 is 0 Å². The Kier molecular flexibility index (Phi) is 7.12. The Bertz CT molecular complexity index is 171. The van der Waals surface area contributed by atoms with E-state index in [-0.39, 0.29) is 6.42 Å². The van der Waals surface area contributed by atoms with Crippen LogP contribution in [0.1, 0.15) is 59.3 Å². The third-order valence-electron chi connectivity index (χ3n) is 2.98. The van der Waals surface area contributed by atoms with Gasteiger partial charge in [0.15, 0.2) is 0 Å². The summed E-state index contributed by atoms with van der Waals surface area (Å²) in [5, 5.41) is 0. The van der Waals surface area contributed by atoms with Crippen molar-refractivity contribution >= 4 is 0 Å². The molecule has 0 radical (unpaired) electrons. The number of halogens is 2. The second-order valence-electron chi connectivity index (χ2n) is 4.71. The molecular formula is C13H26F2O. The van der Waals surface area contributed by atoms with E-state index in [1.807, 2.05) is 13.8 Å². The molecule has 1 aliphatic carbocycles. The van der Waals surface area contributed by atoms with Gasteiger partial charge in [-0.25, -0.2) is 8.78 Å². The molecule has 0 aromatic heterocycles. The van der Waals surface area contributed by atoms with Gasteiger partial charge >= 0.3 is 0 Å². The van der Waals surface area contributed by atoms with Gasteiger partial charge in [-0.05, 0) is 38.0 Å². The van der Waals surface area contributed by atoms with Crippen molar-refractivity contribution in [1.29, 1.82) is 0 Å². The maximum atomic E-state index is 12.5. The van der Waals surface area contributed by atoms with Crippen molar-refractivity contribution in [2.24, 2.45) is 5.41 Å². The van der Waals surface area contributed by atoms with Crippen molar-refractivity contribution in [3.8, 4) is 0 Å². The molecule has 0 spiro atoms. The Labute approximate surface area is 98.6 Å². The Balaban J connectivity index is 0.00000106. The van der Waals surface area contributed by atoms with Gasteiger partial charge in [0.1, 0.15) is 0 Å². The number of unbranched alkanes of at least 4 members (excludes halogenated alkanes) is 1. The Morgan fingerprint density at radius 2 is 1.75 bits per heavy atom. The van der Waals surface area contributed by atoms with Crippen LogP contribution in [0.2, 0.25) is 0 Å². The minimum absolute atomic E-state index is 0.0239. The number of rotatable bonds is 7. The van der Waals surface area contributed by atoms with E-state index in [9.17, 15) is 8.78 Å². The lowest BCUT2D eigenvalue weighted by molar-refractivity contribution is 0.00963. The Hall–Kier alpha value is -0.180. The zero-order chi connectivity index (χ0) is 12.7. The van der Waals surface area contributed by atoms with Crippen LogP contribution >= 0.6 is 0 Å². The molecule has 0 amide bonds.